The summed E-state index contributed by atoms with van der Waals surface area (Å²) >= 11 is 0. The average Bonchev–Trinajstić information content (AvgIpc) is 1.51. The van der Waals surface area contributed by atoms with Gasteiger partial charge in [0.1, 0.15) is 27.9 Å². The second-order valence-corrected chi connectivity index (χ2v) is 24.6. The number of benzene rings is 11. The standard InChI is InChI=1S/C78H59N3O3/c1-76(2,3)48-31-35-52(36-32-48)80(54-39-41-59-57-25-15-17-29-67(57)82-69(59)44-54)65-46-63-71(61-27-14-13-24-56(61)65)73-64(78(63,50-20-9-7-10-21-50)51-22-11-8-12-23-51)47-66(72-62-28-19-43-79-75(62)84-74(72)73)81(53-37-33-49(34-38-53)77(4,5)6)55-40-42-60-58-26-16-18-30-68(58)83-70(60)45-55/h7-47H,1-6H3. The van der Waals surface area contributed by atoms with Gasteiger partial charge in [0.2, 0.25) is 5.71 Å². The molecule has 84 heavy (non-hydrogen) atoms. The second-order valence-electron chi connectivity index (χ2n) is 24.6. The zero-order chi connectivity index (χ0) is 56.6. The van der Waals surface area contributed by atoms with Crippen LogP contribution in [-0.4, -0.2) is 4.98 Å². The van der Waals surface area contributed by atoms with Crippen LogP contribution in [0.3, 0.4) is 0 Å². The Labute approximate surface area is 487 Å². The number of nitrogens with zero attached hydrogens (tertiary/aromatic N) is 3. The number of furan rings is 3. The SMILES string of the molecule is CC(C)(C)c1ccc(N(c2ccc3c(c2)oc2ccccc23)c2cc3c(c4ccccc24)-c2c(cc(N(c4ccc(C(C)(C)C)cc4)c4ccc5c(c4)oc4ccccc45)c4c2oc2ncccc24)C3(c2ccccc2)c2ccccc2)cc1. The van der Waals surface area contributed by atoms with Crippen molar-refractivity contribution in [1.29, 1.82) is 0 Å². The first-order valence-corrected chi connectivity index (χ1v) is 29.1. The quantitative estimate of drug-likeness (QED) is 0.151. The van der Waals surface area contributed by atoms with Crippen molar-refractivity contribution in [3.8, 4) is 11.1 Å². The van der Waals surface area contributed by atoms with E-state index in [1.807, 2.05) is 30.5 Å². The molecule has 0 saturated heterocycles. The molecule has 16 rings (SSSR count). The van der Waals surface area contributed by atoms with E-state index in [0.29, 0.717) is 5.71 Å². The highest BCUT2D eigenvalue weighted by Crippen LogP contribution is 2.64. The Balaban J connectivity index is 1.05. The molecule has 6 heteroatoms. The van der Waals surface area contributed by atoms with E-state index in [1.165, 1.54) is 11.1 Å². The van der Waals surface area contributed by atoms with Crippen molar-refractivity contribution in [3.63, 3.8) is 0 Å². The molecule has 1 aliphatic rings. The predicted molar refractivity (Wildman–Crippen MR) is 348 cm³/mol. The lowest BCUT2D eigenvalue weighted by atomic mass is 9.67. The van der Waals surface area contributed by atoms with Gasteiger partial charge in [-0.25, -0.2) is 4.98 Å². The topological polar surface area (TPSA) is 58.8 Å². The lowest BCUT2D eigenvalue weighted by molar-refractivity contribution is 0.590. The van der Waals surface area contributed by atoms with E-state index in [0.717, 1.165) is 139 Å². The Morgan fingerprint density at radius 3 is 1.31 bits per heavy atom. The molecule has 0 atom stereocenters. The highest BCUT2D eigenvalue weighted by atomic mass is 16.3. The van der Waals surface area contributed by atoms with Gasteiger partial charge >= 0.3 is 0 Å². The lowest BCUT2D eigenvalue weighted by Crippen LogP contribution is -2.29. The Bertz CT molecular complexity index is 5060. The Morgan fingerprint density at radius 2 is 0.774 bits per heavy atom. The highest BCUT2D eigenvalue weighted by molar-refractivity contribution is 6.23. The molecule has 0 unspecified atom stereocenters. The van der Waals surface area contributed by atoms with E-state index in [4.69, 9.17) is 18.2 Å². The van der Waals surface area contributed by atoms with Crippen LogP contribution in [0.5, 0.6) is 0 Å². The molecular formula is C78H59N3O3. The summed E-state index contributed by atoms with van der Waals surface area (Å²) in [5.41, 5.74) is 18.8. The van der Waals surface area contributed by atoms with Gasteiger partial charge in [-0.1, -0.05) is 187 Å². The van der Waals surface area contributed by atoms with E-state index >= 15 is 0 Å². The summed E-state index contributed by atoms with van der Waals surface area (Å²) in [6, 6.07) is 88.5. The van der Waals surface area contributed by atoms with Crippen LogP contribution in [0.25, 0.3) is 87.8 Å². The molecule has 0 amide bonds. The average molecular weight is 1090 g/mol. The molecule has 1 aliphatic carbocycles. The van der Waals surface area contributed by atoms with Crippen molar-refractivity contribution >= 4 is 111 Å². The first kappa shape index (κ1) is 49.6. The minimum Gasteiger partial charge on any atom is -0.456 e. The molecule has 6 nitrogen and oxygen atoms in total. The first-order chi connectivity index (χ1) is 40.9. The highest BCUT2D eigenvalue weighted by Gasteiger charge is 2.50. The number of anilines is 6. The van der Waals surface area contributed by atoms with Crippen molar-refractivity contribution in [2.24, 2.45) is 0 Å². The summed E-state index contributed by atoms with van der Waals surface area (Å²) < 4.78 is 20.9. The maximum absolute atomic E-state index is 7.45. The summed E-state index contributed by atoms with van der Waals surface area (Å²) in [6.45, 7) is 13.6. The Kier molecular flexibility index (Phi) is 10.9. The number of pyridine rings is 1. The van der Waals surface area contributed by atoms with E-state index in [1.54, 1.807) is 0 Å². The molecule has 0 fully saturated rings. The van der Waals surface area contributed by atoms with Crippen LogP contribution in [0.1, 0.15) is 74.9 Å². The zero-order valence-electron chi connectivity index (χ0n) is 47.7. The van der Waals surface area contributed by atoms with Crippen LogP contribution < -0.4 is 9.80 Å². The van der Waals surface area contributed by atoms with E-state index in [9.17, 15) is 0 Å². The molecule has 0 spiro atoms. The molecule has 11 aromatic carbocycles. The van der Waals surface area contributed by atoms with Crippen molar-refractivity contribution in [2.45, 2.75) is 57.8 Å². The fourth-order valence-corrected chi connectivity index (χ4v) is 13.7. The van der Waals surface area contributed by atoms with Crippen molar-refractivity contribution in [3.05, 3.63) is 282 Å². The summed E-state index contributed by atoms with van der Waals surface area (Å²) in [4.78, 5) is 9.86. The van der Waals surface area contributed by atoms with E-state index in [2.05, 4.69) is 270 Å². The lowest BCUT2D eigenvalue weighted by Gasteiger charge is -2.36. The monoisotopic (exact) mass is 1090 g/mol. The molecule has 0 bridgehead atoms. The van der Waals surface area contributed by atoms with Gasteiger partial charge in [0.25, 0.3) is 0 Å². The molecule has 0 N–H and O–H groups in total. The van der Waals surface area contributed by atoms with Gasteiger partial charge in [-0.15, -0.1) is 0 Å². The number of hydrogen-bond acceptors (Lipinski definition) is 6. The fourth-order valence-electron chi connectivity index (χ4n) is 13.7. The van der Waals surface area contributed by atoms with Crippen LogP contribution in [0.4, 0.5) is 34.1 Å². The van der Waals surface area contributed by atoms with Crippen LogP contribution >= 0.6 is 0 Å². The molecule has 0 radical (unpaired) electrons. The third-order valence-electron chi connectivity index (χ3n) is 17.7. The largest absolute Gasteiger partial charge is 0.456 e. The smallest absolute Gasteiger partial charge is 0.227 e. The Hall–Kier alpha value is -10.2. The van der Waals surface area contributed by atoms with Gasteiger partial charge in [-0.05, 0) is 140 Å². The van der Waals surface area contributed by atoms with Crippen molar-refractivity contribution in [2.75, 3.05) is 9.80 Å². The van der Waals surface area contributed by atoms with Crippen molar-refractivity contribution < 1.29 is 13.3 Å². The van der Waals surface area contributed by atoms with Crippen molar-refractivity contribution in [1.82, 2.24) is 4.98 Å². The molecule has 4 aromatic heterocycles. The Morgan fingerprint density at radius 1 is 0.345 bits per heavy atom. The summed E-state index contributed by atoms with van der Waals surface area (Å²) in [7, 11) is 0. The van der Waals surface area contributed by atoms with Gasteiger partial charge in [0.15, 0.2) is 0 Å². The van der Waals surface area contributed by atoms with Gasteiger partial charge in [-0.2, -0.15) is 0 Å². The maximum Gasteiger partial charge on any atom is 0.227 e. The molecule has 0 aliphatic heterocycles. The van der Waals surface area contributed by atoms with Gasteiger partial charge < -0.3 is 23.1 Å². The van der Waals surface area contributed by atoms with Crippen LogP contribution in [0.15, 0.2) is 262 Å². The van der Waals surface area contributed by atoms with E-state index < -0.39 is 5.41 Å². The number of aromatic nitrogens is 1. The van der Waals surface area contributed by atoms with Gasteiger partial charge in [-0.3, -0.25) is 0 Å². The van der Waals surface area contributed by atoms with Gasteiger partial charge in [0.05, 0.1) is 27.6 Å². The minimum atomic E-state index is -0.907. The summed E-state index contributed by atoms with van der Waals surface area (Å²) in [5, 5.41) is 8.42. The first-order valence-electron chi connectivity index (χ1n) is 29.1. The molecule has 15 aromatic rings. The molecule has 404 valence electrons. The number of hydrogen-bond donors (Lipinski definition) is 0. The maximum atomic E-state index is 7.45. The minimum absolute atomic E-state index is 0.0461. The molecular weight excluding hydrogens is 1030 g/mol. The van der Waals surface area contributed by atoms with Crippen LogP contribution in [-0.2, 0) is 16.2 Å². The predicted octanol–water partition coefficient (Wildman–Crippen LogP) is 21.8. The molecule has 4 heterocycles. The molecule has 0 saturated carbocycles. The normalized spacial score (nSPS) is 13.2. The summed E-state index contributed by atoms with van der Waals surface area (Å²) in [6.07, 6.45) is 1.84. The van der Waals surface area contributed by atoms with E-state index in [-0.39, 0.29) is 10.8 Å². The van der Waals surface area contributed by atoms with Crippen LogP contribution in [0, 0.1) is 0 Å². The number of para-hydroxylation sites is 2. The zero-order valence-corrected chi connectivity index (χ0v) is 47.7. The third kappa shape index (κ3) is 7.46. The second kappa shape index (κ2) is 18.4. The number of rotatable bonds is 8. The fraction of sp³-hybridized carbons (Fsp3) is 0.115. The summed E-state index contributed by atoms with van der Waals surface area (Å²) in [5.74, 6) is 0. The van der Waals surface area contributed by atoms with Gasteiger partial charge in [0, 0.05) is 73.6 Å². The van der Waals surface area contributed by atoms with Crippen LogP contribution in [0.2, 0.25) is 0 Å². The number of fused-ring (bicyclic) bond motifs is 15. The third-order valence-corrected chi connectivity index (χ3v) is 17.7.